The van der Waals surface area contributed by atoms with E-state index in [1.165, 1.54) is 16.8 Å². The van der Waals surface area contributed by atoms with Gasteiger partial charge in [-0.3, -0.25) is 0 Å². The standard InChI is InChI=1S/C14H17FN4O3/c1-21-6-7-22-10-19-14(16-17-18-19)12(9-20)8-11-2-4-13(15)5-3-11/h2-5,8,20H,6-7,9-10H2,1H3. The number of aromatic nitrogens is 4. The van der Waals surface area contributed by atoms with Crippen LogP contribution in [0, 0.1) is 5.82 Å². The zero-order valence-corrected chi connectivity index (χ0v) is 12.1. The lowest BCUT2D eigenvalue weighted by Crippen LogP contribution is -2.12. The van der Waals surface area contributed by atoms with E-state index in [2.05, 4.69) is 15.5 Å². The molecule has 0 aliphatic carbocycles. The Labute approximate surface area is 127 Å². The number of aliphatic hydroxyl groups is 1. The number of ether oxygens (including phenoxy) is 2. The first-order chi connectivity index (χ1) is 10.7. The van der Waals surface area contributed by atoms with Crippen LogP contribution in [0.25, 0.3) is 11.6 Å². The third-order valence-corrected chi connectivity index (χ3v) is 2.85. The van der Waals surface area contributed by atoms with Gasteiger partial charge in [-0.25, -0.2) is 4.39 Å². The molecule has 0 atom stereocenters. The summed E-state index contributed by atoms with van der Waals surface area (Å²) in [6.07, 6.45) is 1.69. The van der Waals surface area contributed by atoms with Gasteiger partial charge in [0.05, 0.1) is 19.8 Å². The summed E-state index contributed by atoms with van der Waals surface area (Å²) in [5.41, 5.74) is 1.24. The molecule has 8 heteroatoms. The van der Waals surface area contributed by atoms with Crippen molar-refractivity contribution in [2.24, 2.45) is 0 Å². The lowest BCUT2D eigenvalue weighted by Gasteiger charge is -2.07. The maximum Gasteiger partial charge on any atom is 0.182 e. The zero-order valence-electron chi connectivity index (χ0n) is 12.1. The summed E-state index contributed by atoms with van der Waals surface area (Å²) in [4.78, 5) is 0. The number of tetrazole rings is 1. The van der Waals surface area contributed by atoms with E-state index in [4.69, 9.17) is 9.47 Å². The van der Waals surface area contributed by atoms with Crippen LogP contribution in [0.3, 0.4) is 0 Å². The highest BCUT2D eigenvalue weighted by Crippen LogP contribution is 2.15. The molecule has 1 aromatic heterocycles. The van der Waals surface area contributed by atoms with Crippen LogP contribution in [0.5, 0.6) is 0 Å². The maximum absolute atomic E-state index is 12.9. The van der Waals surface area contributed by atoms with Gasteiger partial charge >= 0.3 is 0 Å². The van der Waals surface area contributed by atoms with Crippen molar-refractivity contribution in [2.75, 3.05) is 26.9 Å². The van der Waals surface area contributed by atoms with Crippen LogP contribution in [0.15, 0.2) is 24.3 Å². The fraction of sp³-hybridized carbons (Fsp3) is 0.357. The van der Waals surface area contributed by atoms with Gasteiger partial charge in [0, 0.05) is 12.7 Å². The first-order valence-corrected chi connectivity index (χ1v) is 6.65. The number of nitrogens with zero attached hydrogens (tertiary/aromatic N) is 4. The van der Waals surface area contributed by atoms with Crippen molar-refractivity contribution in [2.45, 2.75) is 6.73 Å². The third-order valence-electron chi connectivity index (χ3n) is 2.85. The summed E-state index contributed by atoms with van der Waals surface area (Å²) >= 11 is 0. The fourth-order valence-corrected chi connectivity index (χ4v) is 1.76. The molecule has 2 aromatic rings. The van der Waals surface area contributed by atoms with Crippen LogP contribution in [-0.2, 0) is 16.2 Å². The fourth-order valence-electron chi connectivity index (χ4n) is 1.76. The van der Waals surface area contributed by atoms with Crippen LogP contribution in [0.4, 0.5) is 4.39 Å². The van der Waals surface area contributed by atoms with Gasteiger partial charge < -0.3 is 14.6 Å². The van der Waals surface area contributed by atoms with Gasteiger partial charge in [0.1, 0.15) is 12.5 Å². The Bertz CT molecular complexity index is 613. The number of benzene rings is 1. The maximum atomic E-state index is 12.9. The van der Waals surface area contributed by atoms with Crippen LogP contribution in [0.1, 0.15) is 11.4 Å². The highest BCUT2D eigenvalue weighted by Gasteiger charge is 2.11. The molecule has 0 bridgehead atoms. The Morgan fingerprint density at radius 1 is 1.32 bits per heavy atom. The molecule has 0 aliphatic heterocycles. The van der Waals surface area contributed by atoms with Gasteiger partial charge in [0.2, 0.25) is 0 Å². The summed E-state index contributed by atoms with van der Waals surface area (Å²) in [6.45, 7) is 0.768. The van der Waals surface area contributed by atoms with Gasteiger partial charge in [-0.05, 0) is 34.2 Å². The molecule has 2 rings (SSSR count). The SMILES string of the molecule is COCCOCn1nnnc1C(=Cc1ccc(F)cc1)CO. The highest BCUT2D eigenvalue weighted by molar-refractivity contribution is 5.78. The van der Waals surface area contributed by atoms with E-state index >= 15 is 0 Å². The molecule has 0 spiro atoms. The minimum atomic E-state index is -0.320. The molecule has 0 saturated carbocycles. The molecule has 0 fully saturated rings. The Morgan fingerprint density at radius 2 is 2.09 bits per heavy atom. The van der Waals surface area contributed by atoms with E-state index in [0.717, 1.165) is 5.56 Å². The average molecular weight is 308 g/mol. The summed E-state index contributed by atoms with van der Waals surface area (Å²) in [7, 11) is 1.58. The quantitative estimate of drug-likeness (QED) is 0.732. The molecule has 1 heterocycles. The van der Waals surface area contributed by atoms with Crippen LogP contribution < -0.4 is 0 Å². The van der Waals surface area contributed by atoms with Crippen LogP contribution in [0.2, 0.25) is 0 Å². The van der Waals surface area contributed by atoms with Crippen LogP contribution >= 0.6 is 0 Å². The second kappa shape index (κ2) is 8.32. The van der Waals surface area contributed by atoms with E-state index in [-0.39, 0.29) is 19.2 Å². The molecule has 22 heavy (non-hydrogen) atoms. The first kappa shape index (κ1) is 16.2. The molecule has 7 nitrogen and oxygen atoms in total. The number of aliphatic hydroxyl groups excluding tert-OH is 1. The van der Waals surface area contributed by atoms with Crippen molar-refractivity contribution in [3.8, 4) is 0 Å². The predicted molar refractivity (Wildman–Crippen MR) is 77.0 cm³/mol. The summed E-state index contributed by atoms with van der Waals surface area (Å²) < 4.78 is 24.6. The van der Waals surface area contributed by atoms with Crippen LogP contribution in [-0.4, -0.2) is 52.2 Å². The Hall–Kier alpha value is -2.16. The molecule has 1 N–H and O–H groups in total. The van der Waals surface area contributed by atoms with Gasteiger partial charge in [0.25, 0.3) is 0 Å². The second-order valence-electron chi connectivity index (χ2n) is 4.41. The van der Waals surface area contributed by atoms with Gasteiger partial charge in [-0.1, -0.05) is 12.1 Å². The number of rotatable bonds is 8. The summed E-state index contributed by atoms with van der Waals surface area (Å²) in [5, 5.41) is 20.8. The molecule has 0 saturated heterocycles. The predicted octanol–water partition coefficient (Wildman–Crippen LogP) is 0.966. The van der Waals surface area contributed by atoms with Crippen molar-refractivity contribution < 1.29 is 19.0 Å². The molecule has 0 radical (unpaired) electrons. The topological polar surface area (TPSA) is 82.3 Å². The molecule has 118 valence electrons. The smallest absolute Gasteiger partial charge is 0.182 e. The third kappa shape index (κ3) is 4.42. The summed E-state index contributed by atoms with van der Waals surface area (Å²) in [6, 6.07) is 5.90. The molecule has 0 unspecified atom stereocenters. The molecular formula is C14H17FN4O3. The van der Waals surface area contributed by atoms with E-state index in [1.54, 1.807) is 25.3 Å². The van der Waals surface area contributed by atoms with Gasteiger partial charge in [-0.2, -0.15) is 4.68 Å². The van der Waals surface area contributed by atoms with Gasteiger partial charge in [0.15, 0.2) is 5.82 Å². The highest BCUT2D eigenvalue weighted by atomic mass is 19.1. The van der Waals surface area contributed by atoms with Crippen molar-refractivity contribution in [1.29, 1.82) is 0 Å². The summed E-state index contributed by atoms with van der Waals surface area (Å²) in [5.74, 6) is 0.0725. The zero-order chi connectivity index (χ0) is 15.8. The van der Waals surface area contributed by atoms with E-state index in [9.17, 15) is 9.50 Å². The minimum absolute atomic E-state index is 0.145. The first-order valence-electron chi connectivity index (χ1n) is 6.65. The van der Waals surface area contributed by atoms with Crippen molar-refractivity contribution in [1.82, 2.24) is 20.2 Å². The van der Waals surface area contributed by atoms with E-state index in [1.807, 2.05) is 0 Å². The average Bonchev–Trinajstić information content (AvgIpc) is 2.99. The normalized spacial score (nSPS) is 11.9. The lowest BCUT2D eigenvalue weighted by atomic mass is 10.1. The Morgan fingerprint density at radius 3 is 2.77 bits per heavy atom. The Balaban J connectivity index is 2.13. The number of hydrogen-bond donors (Lipinski definition) is 1. The number of halogens is 1. The van der Waals surface area contributed by atoms with Crippen molar-refractivity contribution in [3.05, 3.63) is 41.5 Å². The second-order valence-corrected chi connectivity index (χ2v) is 4.41. The van der Waals surface area contributed by atoms with Gasteiger partial charge in [-0.15, -0.1) is 5.10 Å². The molecule has 0 aliphatic rings. The molecule has 1 aromatic carbocycles. The minimum Gasteiger partial charge on any atom is -0.392 e. The van der Waals surface area contributed by atoms with Crippen molar-refractivity contribution >= 4 is 11.6 Å². The number of methoxy groups -OCH3 is 1. The molecule has 0 amide bonds. The monoisotopic (exact) mass is 308 g/mol. The van der Waals surface area contributed by atoms with E-state index in [0.29, 0.717) is 24.6 Å². The molecular weight excluding hydrogens is 291 g/mol. The largest absolute Gasteiger partial charge is 0.392 e. The Kier molecular flexibility index (Phi) is 6.13. The number of hydrogen-bond acceptors (Lipinski definition) is 6. The van der Waals surface area contributed by atoms with Crippen molar-refractivity contribution in [3.63, 3.8) is 0 Å². The van der Waals surface area contributed by atoms with E-state index < -0.39 is 0 Å². The lowest BCUT2D eigenvalue weighted by molar-refractivity contribution is 0.0276.